The molecule has 1 aliphatic rings. The van der Waals surface area contributed by atoms with Crippen molar-refractivity contribution in [1.82, 2.24) is 4.98 Å². The number of nitrogen functional groups attached to an aromatic ring is 1. The molecule has 1 aliphatic heterocycles. The summed E-state index contributed by atoms with van der Waals surface area (Å²) in [7, 11) is 0. The molecule has 0 bridgehead atoms. The van der Waals surface area contributed by atoms with E-state index in [4.69, 9.17) is 15.2 Å². The molecule has 0 saturated heterocycles. The van der Waals surface area contributed by atoms with Crippen LogP contribution in [0.25, 0.3) is 11.3 Å². The van der Waals surface area contributed by atoms with Crippen LogP contribution in [0.2, 0.25) is 0 Å². The summed E-state index contributed by atoms with van der Waals surface area (Å²) in [5.41, 5.74) is 7.89. The second kappa shape index (κ2) is 4.91. The summed E-state index contributed by atoms with van der Waals surface area (Å²) in [6, 6.07) is 5.94. The fourth-order valence-electron chi connectivity index (χ4n) is 2.47. The summed E-state index contributed by atoms with van der Waals surface area (Å²) in [4.78, 5) is 5.72. The van der Waals surface area contributed by atoms with E-state index < -0.39 is 5.79 Å². The number of nitrogens with zero attached hydrogens (tertiary/aromatic N) is 1. The van der Waals surface area contributed by atoms with Crippen LogP contribution in [0.5, 0.6) is 11.5 Å². The van der Waals surface area contributed by atoms with Gasteiger partial charge in [-0.2, -0.15) is 0 Å². The van der Waals surface area contributed by atoms with Gasteiger partial charge in [0, 0.05) is 24.3 Å². The van der Waals surface area contributed by atoms with Crippen LogP contribution in [0.1, 0.15) is 32.6 Å². The van der Waals surface area contributed by atoms with Gasteiger partial charge in [-0.1, -0.05) is 13.8 Å². The molecule has 1 aromatic carbocycles. The van der Waals surface area contributed by atoms with E-state index in [-0.39, 0.29) is 0 Å². The number of nitrogens with two attached hydrogens (primary N) is 1. The van der Waals surface area contributed by atoms with Crippen molar-refractivity contribution >= 4 is 16.5 Å². The Kier molecular flexibility index (Phi) is 3.32. The zero-order valence-electron chi connectivity index (χ0n) is 12.8. The highest BCUT2D eigenvalue weighted by atomic mass is 32.1. The Morgan fingerprint density at radius 3 is 2.67 bits per heavy atom. The Labute approximate surface area is 128 Å². The lowest BCUT2D eigenvalue weighted by Crippen LogP contribution is -2.29. The van der Waals surface area contributed by atoms with E-state index in [0.717, 1.165) is 29.2 Å². The monoisotopic (exact) mass is 304 g/mol. The van der Waals surface area contributed by atoms with Crippen molar-refractivity contribution in [3.05, 3.63) is 23.1 Å². The third-order valence-corrected chi connectivity index (χ3v) is 4.14. The van der Waals surface area contributed by atoms with Gasteiger partial charge in [0.15, 0.2) is 16.6 Å². The maximum Gasteiger partial charge on any atom is 0.246 e. The van der Waals surface area contributed by atoms with Gasteiger partial charge in [-0.25, -0.2) is 4.98 Å². The predicted octanol–water partition coefficient (Wildman–Crippen LogP) is 4.10. The van der Waals surface area contributed by atoms with Gasteiger partial charge in [0.25, 0.3) is 0 Å². The highest BCUT2D eigenvalue weighted by Crippen LogP contribution is 2.42. The molecule has 0 fully saturated rings. The van der Waals surface area contributed by atoms with E-state index >= 15 is 0 Å². The van der Waals surface area contributed by atoms with Gasteiger partial charge in [-0.3, -0.25) is 0 Å². The van der Waals surface area contributed by atoms with E-state index in [1.807, 2.05) is 32.0 Å². The maximum absolute atomic E-state index is 5.90. The van der Waals surface area contributed by atoms with Gasteiger partial charge in [-0.15, -0.1) is 11.3 Å². The number of anilines is 1. The Bertz CT molecular complexity index is 677. The van der Waals surface area contributed by atoms with Crippen LogP contribution in [0.3, 0.4) is 0 Å². The first-order valence-corrected chi connectivity index (χ1v) is 7.93. The molecule has 0 aliphatic carbocycles. The summed E-state index contributed by atoms with van der Waals surface area (Å²) >= 11 is 1.57. The molecule has 5 heteroatoms. The molecule has 1 aromatic heterocycles. The topological polar surface area (TPSA) is 57.4 Å². The Balaban J connectivity index is 1.99. The third kappa shape index (κ3) is 2.83. The predicted molar refractivity (Wildman–Crippen MR) is 85.8 cm³/mol. The van der Waals surface area contributed by atoms with E-state index in [2.05, 4.69) is 18.8 Å². The number of rotatable bonds is 3. The second-order valence-corrected chi connectivity index (χ2v) is 7.30. The fourth-order valence-corrected chi connectivity index (χ4v) is 3.54. The lowest BCUT2D eigenvalue weighted by atomic mass is 10.0. The molecule has 0 atom stereocenters. The molecular formula is C16H20N2O2S. The molecule has 0 unspecified atom stereocenters. The number of hydrogen-bond acceptors (Lipinski definition) is 5. The first-order chi connectivity index (χ1) is 9.84. The van der Waals surface area contributed by atoms with Crippen LogP contribution in [-0.4, -0.2) is 10.8 Å². The number of aromatic nitrogens is 1. The van der Waals surface area contributed by atoms with Crippen molar-refractivity contribution in [2.45, 2.75) is 39.9 Å². The molecule has 0 radical (unpaired) electrons. The van der Waals surface area contributed by atoms with Crippen molar-refractivity contribution in [2.75, 3.05) is 5.73 Å². The zero-order chi connectivity index (χ0) is 15.2. The van der Waals surface area contributed by atoms with Gasteiger partial charge in [0.1, 0.15) is 0 Å². The molecule has 2 N–H and O–H groups in total. The number of benzene rings is 1. The molecule has 21 heavy (non-hydrogen) atoms. The maximum atomic E-state index is 5.90. The zero-order valence-corrected chi connectivity index (χ0v) is 13.6. The number of hydrogen-bond donors (Lipinski definition) is 1. The standard InChI is InChI=1S/C16H20N2O2S/c1-9(2)7-13-14(18-15(17)21-13)10-5-6-11-12(8-10)20-16(3,4)19-11/h5-6,8-9H,7H2,1-4H3,(H2,17,18). The van der Waals surface area contributed by atoms with Crippen LogP contribution in [0.4, 0.5) is 5.13 Å². The third-order valence-electron chi connectivity index (χ3n) is 3.24. The number of fused-ring (bicyclic) bond motifs is 1. The van der Waals surface area contributed by atoms with Crippen molar-refractivity contribution < 1.29 is 9.47 Å². The van der Waals surface area contributed by atoms with Crippen molar-refractivity contribution in [1.29, 1.82) is 0 Å². The fraction of sp³-hybridized carbons (Fsp3) is 0.438. The van der Waals surface area contributed by atoms with Crippen LogP contribution < -0.4 is 15.2 Å². The summed E-state index contributed by atoms with van der Waals surface area (Å²) in [6.45, 7) is 8.19. The van der Waals surface area contributed by atoms with Crippen LogP contribution in [-0.2, 0) is 6.42 Å². The lowest BCUT2D eigenvalue weighted by molar-refractivity contribution is -0.0431. The van der Waals surface area contributed by atoms with Crippen molar-refractivity contribution in [3.63, 3.8) is 0 Å². The van der Waals surface area contributed by atoms with Crippen molar-refractivity contribution in [3.8, 4) is 22.8 Å². The second-order valence-electron chi connectivity index (χ2n) is 6.19. The first-order valence-electron chi connectivity index (χ1n) is 7.12. The Hall–Kier alpha value is -1.75. The molecule has 4 nitrogen and oxygen atoms in total. The van der Waals surface area contributed by atoms with Gasteiger partial charge < -0.3 is 15.2 Å². The smallest absolute Gasteiger partial charge is 0.246 e. The molecule has 0 saturated carbocycles. The average molecular weight is 304 g/mol. The molecule has 0 spiro atoms. The Morgan fingerprint density at radius 1 is 1.24 bits per heavy atom. The van der Waals surface area contributed by atoms with Crippen LogP contribution in [0, 0.1) is 5.92 Å². The SMILES string of the molecule is CC(C)Cc1sc(N)nc1-c1ccc2c(c1)OC(C)(C)O2. The van der Waals surface area contributed by atoms with E-state index in [1.54, 1.807) is 11.3 Å². The number of ether oxygens (including phenoxy) is 2. The molecule has 2 aromatic rings. The summed E-state index contributed by atoms with van der Waals surface area (Å²) < 4.78 is 11.5. The van der Waals surface area contributed by atoms with E-state index in [0.29, 0.717) is 11.0 Å². The lowest BCUT2D eigenvalue weighted by Gasteiger charge is -2.16. The Morgan fingerprint density at radius 2 is 1.95 bits per heavy atom. The first kappa shape index (κ1) is 14.2. The van der Waals surface area contributed by atoms with Crippen molar-refractivity contribution in [2.24, 2.45) is 5.92 Å². The van der Waals surface area contributed by atoms with Gasteiger partial charge in [-0.05, 0) is 30.5 Å². The minimum atomic E-state index is -0.608. The van der Waals surface area contributed by atoms with Crippen LogP contribution in [0.15, 0.2) is 18.2 Å². The normalized spacial score (nSPS) is 15.7. The summed E-state index contributed by atoms with van der Waals surface area (Å²) in [5, 5.41) is 0.610. The van der Waals surface area contributed by atoms with E-state index in [1.165, 1.54) is 4.88 Å². The van der Waals surface area contributed by atoms with E-state index in [9.17, 15) is 0 Å². The highest BCUT2D eigenvalue weighted by Gasteiger charge is 2.32. The average Bonchev–Trinajstić information content (AvgIpc) is 2.85. The largest absolute Gasteiger partial charge is 0.449 e. The van der Waals surface area contributed by atoms with Gasteiger partial charge in [0.2, 0.25) is 5.79 Å². The molecular weight excluding hydrogens is 284 g/mol. The van der Waals surface area contributed by atoms with Gasteiger partial charge >= 0.3 is 0 Å². The summed E-state index contributed by atoms with van der Waals surface area (Å²) in [6.07, 6.45) is 0.976. The quantitative estimate of drug-likeness (QED) is 0.927. The number of thiazole rings is 1. The summed E-state index contributed by atoms with van der Waals surface area (Å²) in [5.74, 6) is 1.50. The minimum absolute atomic E-state index is 0.566. The molecule has 112 valence electrons. The minimum Gasteiger partial charge on any atom is -0.449 e. The molecule has 3 rings (SSSR count). The van der Waals surface area contributed by atoms with Crippen LogP contribution >= 0.6 is 11.3 Å². The molecule has 0 amide bonds. The molecule has 2 heterocycles. The highest BCUT2D eigenvalue weighted by molar-refractivity contribution is 7.15. The van der Waals surface area contributed by atoms with Gasteiger partial charge in [0.05, 0.1) is 5.69 Å².